The van der Waals surface area contributed by atoms with E-state index in [9.17, 15) is 14.9 Å². The lowest BCUT2D eigenvalue weighted by atomic mass is 10.1. The second-order valence-corrected chi connectivity index (χ2v) is 6.36. The second-order valence-electron chi connectivity index (χ2n) is 6.36. The number of morpholine rings is 1. The van der Waals surface area contributed by atoms with Crippen LogP contribution < -0.4 is 10.3 Å². The maximum atomic E-state index is 12.4. The number of carbonyl (C=O) groups is 1. The predicted molar refractivity (Wildman–Crippen MR) is 108 cm³/mol. The number of benzene rings is 2. The first-order valence-corrected chi connectivity index (χ1v) is 9.12. The number of nitrogens with one attached hydrogen (secondary N) is 1. The molecule has 0 bridgehead atoms. The van der Waals surface area contributed by atoms with Gasteiger partial charge in [-0.3, -0.25) is 14.9 Å². The minimum absolute atomic E-state index is 0.0474. The lowest BCUT2D eigenvalue weighted by Crippen LogP contribution is -2.36. The van der Waals surface area contributed by atoms with E-state index in [-0.39, 0.29) is 5.69 Å². The average Bonchev–Trinajstić information content (AvgIpc) is 2.75. The third kappa shape index (κ3) is 5.15. The quantitative estimate of drug-likeness (QED) is 0.436. The van der Waals surface area contributed by atoms with Crippen molar-refractivity contribution >= 4 is 23.5 Å². The Balaban J connectivity index is 1.78. The zero-order valence-corrected chi connectivity index (χ0v) is 16.0. The van der Waals surface area contributed by atoms with Gasteiger partial charge in [0.1, 0.15) is 0 Å². The third-order valence-corrected chi connectivity index (χ3v) is 4.53. The fraction of sp³-hybridized carbons (Fsp3) is 0.300. The summed E-state index contributed by atoms with van der Waals surface area (Å²) in [6.07, 6.45) is 0.602. The van der Waals surface area contributed by atoms with Crippen molar-refractivity contribution in [1.82, 2.24) is 5.43 Å². The van der Waals surface area contributed by atoms with Gasteiger partial charge in [0.15, 0.2) is 6.10 Å². The van der Waals surface area contributed by atoms with Gasteiger partial charge in [-0.2, -0.15) is 5.10 Å². The van der Waals surface area contributed by atoms with Gasteiger partial charge in [0.25, 0.3) is 11.6 Å². The van der Waals surface area contributed by atoms with Crippen LogP contribution >= 0.6 is 0 Å². The maximum Gasteiger partial charge on any atom is 0.273 e. The maximum absolute atomic E-state index is 12.4. The van der Waals surface area contributed by atoms with Gasteiger partial charge in [0.2, 0.25) is 0 Å². The smallest absolute Gasteiger partial charge is 0.273 e. The summed E-state index contributed by atoms with van der Waals surface area (Å²) in [7, 11) is 1.44. The molecule has 1 unspecified atom stereocenters. The van der Waals surface area contributed by atoms with E-state index in [1.54, 1.807) is 18.2 Å². The molecule has 2 aromatic carbocycles. The molecule has 1 amide bonds. The van der Waals surface area contributed by atoms with E-state index in [2.05, 4.69) is 15.4 Å². The molecule has 1 aliphatic heterocycles. The predicted octanol–water partition coefficient (Wildman–Crippen LogP) is 2.27. The number of amides is 1. The highest BCUT2D eigenvalue weighted by Gasteiger charge is 2.20. The molecule has 1 aliphatic rings. The Bertz CT molecular complexity index is 882. The number of anilines is 1. The highest BCUT2D eigenvalue weighted by atomic mass is 16.6. The van der Waals surface area contributed by atoms with Crippen LogP contribution in [0, 0.1) is 10.1 Å². The summed E-state index contributed by atoms with van der Waals surface area (Å²) >= 11 is 0. The Morgan fingerprint density at radius 3 is 2.66 bits per heavy atom. The molecule has 0 aliphatic carbocycles. The van der Waals surface area contributed by atoms with Crippen molar-refractivity contribution in [3.8, 4) is 0 Å². The van der Waals surface area contributed by atoms with Gasteiger partial charge in [-0.25, -0.2) is 5.43 Å². The molecule has 29 heavy (non-hydrogen) atoms. The van der Waals surface area contributed by atoms with Crippen molar-refractivity contribution in [2.75, 3.05) is 38.3 Å². The van der Waals surface area contributed by atoms with Crippen LogP contribution in [0.25, 0.3) is 0 Å². The third-order valence-electron chi connectivity index (χ3n) is 4.53. The molecule has 1 atom stereocenters. The standard InChI is InChI=1S/C20H22N4O5/c1-28-19(15-5-3-2-4-6-15)20(25)22-21-14-16-13-17(24(26)27)7-8-18(16)23-9-11-29-12-10-23/h2-8,13-14,19H,9-12H2,1H3,(H,22,25)/b21-14+. The summed E-state index contributed by atoms with van der Waals surface area (Å²) in [5.41, 5.74) is 4.44. The number of nitro benzene ring substituents is 1. The second kappa shape index (κ2) is 9.76. The summed E-state index contributed by atoms with van der Waals surface area (Å²) in [5.74, 6) is -0.437. The Morgan fingerprint density at radius 2 is 2.00 bits per heavy atom. The van der Waals surface area contributed by atoms with E-state index >= 15 is 0 Å². The molecule has 152 valence electrons. The minimum Gasteiger partial charge on any atom is -0.378 e. The van der Waals surface area contributed by atoms with Gasteiger partial charge < -0.3 is 14.4 Å². The summed E-state index contributed by atoms with van der Waals surface area (Å²) in [5, 5.41) is 15.2. The van der Waals surface area contributed by atoms with E-state index in [0.717, 1.165) is 5.69 Å². The van der Waals surface area contributed by atoms with E-state index in [4.69, 9.17) is 9.47 Å². The molecule has 2 aromatic rings. The van der Waals surface area contributed by atoms with Gasteiger partial charge in [-0.15, -0.1) is 0 Å². The first kappa shape index (κ1) is 20.4. The highest BCUT2D eigenvalue weighted by molar-refractivity contribution is 5.90. The van der Waals surface area contributed by atoms with E-state index in [0.29, 0.717) is 37.4 Å². The topological polar surface area (TPSA) is 106 Å². The number of nitro groups is 1. The molecule has 1 fully saturated rings. The molecule has 0 saturated carbocycles. The molecule has 1 saturated heterocycles. The van der Waals surface area contributed by atoms with Gasteiger partial charge in [-0.05, 0) is 11.6 Å². The van der Waals surface area contributed by atoms with E-state index in [1.165, 1.54) is 25.5 Å². The number of ether oxygens (including phenoxy) is 2. The fourth-order valence-corrected chi connectivity index (χ4v) is 3.10. The van der Waals surface area contributed by atoms with Crippen LogP contribution in [0.4, 0.5) is 11.4 Å². The number of hydrogen-bond acceptors (Lipinski definition) is 7. The number of methoxy groups -OCH3 is 1. The van der Waals surface area contributed by atoms with Gasteiger partial charge in [0, 0.05) is 43.6 Å². The first-order valence-electron chi connectivity index (χ1n) is 9.12. The lowest BCUT2D eigenvalue weighted by molar-refractivity contribution is -0.384. The number of rotatable bonds is 7. The number of nitrogens with zero attached hydrogens (tertiary/aromatic N) is 3. The first-order chi connectivity index (χ1) is 14.1. The van der Waals surface area contributed by atoms with Crippen LogP contribution in [0.5, 0.6) is 0 Å². The Morgan fingerprint density at radius 1 is 1.28 bits per heavy atom. The molecule has 9 nitrogen and oxygen atoms in total. The highest BCUT2D eigenvalue weighted by Crippen LogP contribution is 2.25. The number of hydrogen-bond donors (Lipinski definition) is 1. The molecule has 0 radical (unpaired) electrons. The zero-order valence-electron chi connectivity index (χ0n) is 16.0. The molecular formula is C20H22N4O5. The van der Waals surface area contributed by atoms with E-state index in [1.807, 2.05) is 18.2 Å². The Labute approximate surface area is 168 Å². The van der Waals surface area contributed by atoms with Crippen molar-refractivity contribution < 1.29 is 19.2 Å². The molecule has 3 rings (SSSR count). The van der Waals surface area contributed by atoms with Crippen LogP contribution in [-0.4, -0.2) is 50.5 Å². The molecule has 9 heteroatoms. The van der Waals surface area contributed by atoms with Crippen LogP contribution in [0.2, 0.25) is 0 Å². The molecular weight excluding hydrogens is 376 g/mol. The largest absolute Gasteiger partial charge is 0.378 e. The van der Waals surface area contributed by atoms with Gasteiger partial charge >= 0.3 is 0 Å². The van der Waals surface area contributed by atoms with Crippen molar-refractivity contribution in [3.05, 3.63) is 69.8 Å². The number of hydrazone groups is 1. The summed E-state index contributed by atoms with van der Waals surface area (Å²) in [4.78, 5) is 25.2. The number of carbonyl (C=O) groups excluding carboxylic acids is 1. The lowest BCUT2D eigenvalue weighted by Gasteiger charge is -2.29. The normalized spacial score (nSPS) is 15.3. The molecule has 1 N–H and O–H groups in total. The monoisotopic (exact) mass is 398 g/mol. The van der Waals surface area contributed by atoms with Crippen LogP contribution in [0.15, 0.2) is 53.6 Å². The molecule has 0 spiro atoms. The zero-order chi connectivity index (χ0) is 20.6. The summed E-state index contributed by atoms with van der Waals surface area (Å²) < 4.78 is 10.6. The Kier molecular flexibility index (Phi) is 6.88. The van der Waals surface area contributed by atoms with Gasteiger partial charge in [0.05, 0.1) is 24.4 Å². The van der Waals surface area contributed by atoms with Gasteiger partial charge in [-0.1, -0.05) is 30.3 Å². The van der Waals surface area contributed by atoms with Crippen LogP contribution in [-0.2, 0) is 14.3 Å². The Hall–Kier alpha value is -3.30. The van der Waals surface area contributed by atoms with Crippen molar-refractivity contribution in [2.45, 2.75) is 6.10 Å². The molecule has 1 heterocycles. The van der Waals surface area contributed by atoms with Crippen LogP contribution in [0.3, 0.4) is 0 Å². The molecule has 0 aromatic heterocycles. The van der Waals surface area contributed by atoms with Crippen molar-refractivity contribution in [2.24, 2.45) is 5.10 Å². The van der Waals surface area contributed by atoms with Crippen molar-refractivity contribution in [1.29, 1.82) is 0 Å². The van der Waals surface area contributed by atoms with Crippen LogP contribution in [0.1, 0.15) is 17.2 Å². The summed E-state index contributed by atoms with van der Waals surface area (Å²) in [6.45, 7) is 2.50. The minimum atomic E-state index is -0.808. The average molecular weight is 398 g/mol. The summed E-state index contributed by atoms with van der Waals surface area (Å²) in [6, 6.07) is 13.6. The fourth-order valence-electron chi connectivity index (χ4n) is 3.10. The van der Waals surface area contributed by atoms with Crippen molar-refractivity contribution in [3.63, 3.8) is 0 Å². The SMILES string of the molecule is COC(C(=O)N/N=C/c1cc([N+](=O)[O-])ccc1N1CCOCC1)c1ccccc1. The number of non-ortho nitro benzene ring substituents is 1. The van der Waals surface area contributed by atoms with E-state index < -0.39 is 16.9 Å².